The number of benzene rings is 1. The molecule has 11 nitrogen and oxygen atoms in total. The van der Waals surface area contributed by atoms with Crippen LogP contribution in [0.4, 0.5) is 23.5 Å². The Morgan fingerprint density at radius 1 is 0.971 bits per heavy atom. The van der Waals surface area contributed by atoms with E-state index in [2.05, 4.69) is 42.7 Å². The molecule has 1 aliphatic heterocycles. The van der Waals surface area contributed by atoms with Crippen molar-refractivity contribution in [1.82, 2.24) is 20.3 Å². The summed E-state index contributed by atoms with van der Waals surface area (Å²) in [5.74, 6) is 1.58. The van der Waals surface area contributed by atoms with Crippen molar-refractivity contribution in [3.8, 4) is 0 Å². The van der Waals surface area contributed by atoms with E-state index in [1.54, 1.807) is 12.1 Å². The first-order valence-electron chi connectivity index (χ1n) is 12.5. The lowest BCUT2D eigenvalue weighted by atomic mass is 10.2. The number of anilines is 4. The van der Waals surface area contributed by atoms with Gasteiger partial charge in [0.05, 0.1) is 26.4 Å². The Labute approximate surface area is 207 Å². The number of nitrogens with one attached hydrogen (secondary N) is 3. The van der Waals surface area contributed by atoms with E-state index in [0.717, 1.165) is 51.0 Å². The molecule has 1 aromatic heterocycles. The van der Waals surface area contributed by atoms with Gasteiger partial charge >= 0.3 is 0 Å². The summed E-state index contributed by atoms with van der Waals surface area (Å²) in [4.78, 5) is 28.3. The van der Waals surface area contributed by atoms with Gasteiger partial charge in [-0.05, 0) is 43.5 Å². The third-order valence-corrected chi connectivity index (χ3v) is 5.40. The van der Waals surface area contributed by atoms with Crippen LogP contribution < -0.4 is 26.6 Å². The van der Waals surface area contributed by atoms with Gasteiger partial charge in [0.2, 0.25) is 17.8 Å². The third-order valence-electron chi connectivity index (χ3n) is 5.40. The summed E-state index contributed by atoms with van der Waals surface area (Å²) in [6.07, 6.45) is 4.43. The Bertz CT molecular complexity index is 891. The minimum absolute atomic E-state index is 0.154. The normalized spacial score (nSPS) is 13.1. The minimum atomic E-state index is -0.154. The van der Waals surface area contributed by atoms with Crippen LogP contribution in [-0.2, 0) is 9.47 Å². The Hall–Kier alpha value is -3.02. The Kier molecular flexibility index (Phi) is 11.4. The topological polar surface area (TPSA) is 140 Å². The van der Waals surface area contributed by atoms with Gasteiger partial charge in [0.1, 0.15) is 0 Å². The molecular weight excluding hydrogens is 448 g/mol. The summed E-state index contributed by atoms with van der Waals surface area (Å²) in [5.41, 5.74) is 6.71. The zero-order valence-electron chi connectivity index (χ0n) is 20.6. The van der Waals surface area contributed by atoms with Crippen LogP contribution in [0.15, 0.2) is 24.3 Å². The molecule has 0 spiro atoms. The van der Waals surface area contributed by atoms with Crippen LogP contribution in [-0.4, -0.2) is 80.0 Å². The van der Waals surface area contributed by atoms with Crippen LogP contribution in [0.5, 0.6) is 0 Å². The number of nitrogens with two attached hydrogens (primary N) is 1. The number of hydrogen-bond acceptors (Lipinski definition) is 10. The molecule has 11 heteroatoms. The van der Waals surface area contributed by atoms with Crippen LogP contribution in [0.25, 0.3) is 0 Å². The van der Waals surface area contributed by atoms with Crippen LogP contribution in [0.1, 0.15) is 43.0 Å². The molecule has 1 aromatic carbocycles. The molecular formula is C24H38N8O3. The van der Waals surface area contributed by atoms with Gasteiger partial charge in [-0.15, -0.1) is 0 Å². The number of nitrogens with zero attached hydrogens (tertiary/aromatic N) is 4. The van der Waals surface area contributed by atoms with Crippen molar-refractivity contribution in [1.29, 1.82) is 0 Å². The maximum atomic E-state index is 12.4. The molecule has 1 aliphatic rings. The molecule has 0 unspecified atom stereocenters. The summed E-state index contributed by atoms with van der Waals surface area (Å²) in [5, 5.41) is 9.39. The Morgan fingerprint density at radius 2 is 1.69 bits per heavy atom. The maximum absolute atomic E-state index is 12.4. The monoisotopic (exact) mass is 486 g/mol. The van der Waals surface area contributed by atoms with Gasteiger partial charge in [0.15, 0.2) is 0 Å². The van der Waals surface area contributed by atoms with Gasteiger partial charge in [-0.1, -0.05) is 13.3 Å². The highest BCUT2D eigenvalue weighted by Crippen LogP contribution is 2.21. The number of aromatic nitrogens is 3. The van der Waals surface area contributed by atoms with Gasteiger partial charge in [0, 0.05) is 44.0 Å². The molecule has 0 saturated carbocycles. The lowest BCUT2D eigenvalue weighted by Crippen LogP contribution is -2.27. The van der Waals surface area contributed by atoms with Gasteiger partial charge in [-0.2, -0.15) is 15.0 Å². The first kappa shape index (κ1) is 26.6. The fourth-order valence-electron chi connectivity index (χ4n) is 3.51. The number of carbonyl (C=O) groups is 1. The molecule has 0 aliphatic carbocycles. The second-order valence-corrected chi connectivity index (χ2v) is 8.23. The second-order valence-electron chi connectivity index (χ2n) is 8.23. The number of amides is 1. The average Bonchev–Trinajstić information content (AvgIpc) is 3.41. The molecule has 0 radical (unpaired) electrons. The van der Waals surface area contributed by atoms with Gasteiger partial charge in [-0.25, -0.2) is 0 Å². The van der Waals surface area contributed by atoms with Crippen molar-refractivity contribution in [2.24, 2.45) is 5.73 Å². The highest BCUT2D eigenvalue weighted by atomic mass is 16.5. The van der Waals surface area contributed by atoms with Crippen molar-refractivity contribution >= 4 is 29.4 Å². The van der Waals surface area contributed by atoms with E-state index in [-0.39, 0.29) is 5.91 Å². The number of carbonyl (C=O) groups excluding carboxylic acids is 1. The lowest BCUT2D eigenvalue weighted by molar-refractivity contribution is 0.0511. The molecule has 5 N–H and O–H groups in total. The standard InChI is InChI=1S/C24H38N8O3/c1-2-3-11-27-22-29-23(31-24(30-22)32-13-4-5-14-32)28-20-8-6-19(7-9-20)21(33)26-12-16-35-18-17-34-15-10-25/h6-9H,2-5,10-18,25H2,1H3,(H,26,33)(H2,27,28,29,30,31). The number of rotatable bonds is 16. The van der Waals surface area contributed by atoms with Crippen LogP contribution in [0.2, 0.25) is 0 Å². The van der Waals surface area contributed by atoms with Crippen LogP contribution >= 0.6 is 0 Å². The van der Waals surface area contributed by atoms with E-state index < -0.39 is 0 Å². The number of ether oxygens (including phenoxy) is 2. The quantitative estimate of drug-likeness (QED) is 0.261. The summed E-state index contributed by atoms with van der Waals surface area (Å²) in [6, 6.07) is 7.21. The fourth-order valence-corrected chi connectivity index (χ4v) is 3.51. The van der Waals surface area contributed by atoms with Gasteiger partial charge in [-0.3, -0.25) is 4.79 Å². The van der Waals surface area contributed by atoms with E-state index >= 15 is 0 Å². The largest absolute Gasteiger partial charge is 0.378 e. The van der Waals surface area contributed by atoms with Crippen molar-refractivity contribution in [2.45, 2.75) is 32.6 Å². The molecule has 0 atom stereocenters. The summed E-state index contributed by atoms with van der Waals surface area (Å²) < 4.78 is 10.7. The predicted octanol–water partition coefficient (Wildman–Crippen LogP) is 2.15. The smallest absolute Gasteiger partial charge is 0.251 e. The summed E-state index contributed by atoms with van der Waals surface area (Å²) in [6.45, 7) is 7.71. The van der Waals surface area contributed by atoms with Crippen molar-refractivity contribution in [3.63, 3.8) is 0 Å². The number of hydrogen-bond donors (Lipinski definition) is 4. The van der Waals surface area contributed by atoms with E-state index in [9.17, 15) is 4.79 Å². The fraction of sp³-hybridized carbons (Fsp3) is 0.583. The molecule has 2 aromatic rings. The highest BCUT2D eigenvalue weighted by Gasteiger charge is 2.17. The number of unbranched alkanes of at least 4 members (excludes halogenated alkanes) is 1. The molecule has 1 amide bonds. The van der Waals surface area contributed by atoms with Gasteiger partial charge in [0.25, 0.3) is 5.91 Å². The zero-order valence-corrected chi connectivity index (χ0v) is 20.6. The molecule has 1 fully saturated rings. The predicted molar refractivity (Wildman–Crippen MR) is 137 cm³/mol. The maximum Gasteiger partial charge on any atom is 0.251 e. The molecule has 192 valence electrons. The van der Waals surface area contributed by atoms with Crippen LogP contribution in [0, 0.1) is 0 Å². The molecule has 3 rings (SSSR count). The summed E-state index contributed by atoms with van der Waals surface area (Å²) in [7, 11) is 0. The third kappa shape index (κ3) is 9.27. The average molecular weight is 487 g/mol. The summed E-state index contributed by atoms with van der Waals surface area (Å²) >= 11 is 0. The van der Waals surface area contributed by atoms with Crippen molar-refractivity contribution in [3.05, 3.63) is 29.8 Å². The first-order chi connectivity index (χ1) is 17.2. The SMILES string of the molecule is CCCCNc1nc(Nc2ccc(C(=O)NCCOCCOCCN)cc2)nc(N2CCCC2)n1. The molecule has 35 heavy (non-hydrogen) atoms. The molecule has 0 bridgehead atoms. The first-order valence-corrected chi connectivity index (χ1v) is 12.5. The second kappa shape index (κ2) is 15.1. The minimum Gasteiger partial charge on any atom is -0.378 e. The van der Waals surface area contributed by atoms with E-state index in [1.807, 2.05) is 12.1 Å². The van der Waals surface area contributed by atoms with Crippen molar-refractivity contribution in [2.75, 3.05) is 74.7 Å². The Morgan fingerprint density at radius 3 is 2.40 bits per heavy atom. The molecule has 2 heterocycles. The van der Waals surface area contributed by atoms with Crippen LogP contribution in [0.3, 0.4) is 0 Å². The zero-order chi connectivity index (χ0) is 24.7. The van der Waals surface area contributed by atoms with E-state index in [1.165, 1.54) is 0 Å². The lowest BCUT2D eigenvalue weighted by Gasteiger charge is -2.17. The van der Waals surface area contributed by atoms with Gasteiger partial charge < -0.3 is 36.1 Å². The Balaban J connectivity index is 1.52. The molecule has 1 saturated heterocycles. The van der Waals surface area contributed by atoms with E-state index in [4.69, 9.17) is 15.2 Å². The van der Waals surface area contributed by atoms with E-state index in [0.29, 0.717) is 62.9 Å². The van der Waals surface area contributed by atoms with Crippen molar-refractivity contribution < 1.29 is 14.3 Å². The highest BCUT2D eigenvalue weighted by molar-refractivity contribution is 5.94.